The van der Waals surface area contributed by atoms with Crippen LogP contribution in [-0.2, 0) is 49.4 Å². The highest BCUT2D eigenvalue weighted by Gasteiger charge is 2.53. The van der Waals surface area contributed by atoms with E-state index in [1.54, 1.807) is 0 Å². The number of benzene rings is 1. The number of quaternary nitrogens is 1. The van der Waals surface area contributed by atoms with E-state index in [1.165, 1.54) is 25.3 Å². The second-order valence-corrected chi connectivity index (χ2v) is 9.23. The number of hydrogen-bond donors (Lipinski definition) is 2. The van der Waals surface area contributed by atoms with Crippen molar-refractivity contribution >= 4 is 29.6 Å². The fourth-order valence-electron chi connectivity index (χ4n) is 4.37. The van der Waals surface area contributed by atoms with E-state index in [9.17, 15) is 39.2 Å². The molecule has 43 heavy (non-hydrogen) atoms. The number of rotatable bonds is 10. The SMILES string of the molecule is COc1ccc(Cn2c(=O)cnn([C@H]3O[C@@H](COC(C)=O)[C@@H](OC(C)=O)[C@H](OC(C)=O)[C@H]3OC(C)=O)c2=O)cc1[NH+]([O-])O. The molecule has 18 nitrogen and oxygen atoms in total. The van der Waals surface area contributed by atoms with Crippen molar-refractivity contribution in [2.75, 3.05) is 13.7 Å². The molecule has 1 aliphatic rings. The van der Waals surface area contributed by atoms with Crippen molar-refractivity contribution in [1.82, 2.24) is 14.3 Å². The highest BCUT2D eigenvalue weighted by atomic mass is 16.8. The van der Waals surface area contributed by atoms with Crippen LogP contribution in [0.3, 0.4) is 0 Å². The Morgan fingerprint density at radius 3 is 2.14 bits per heavy atom. The van der Waals surface area contributed by atoms with Crippen LogP contribution in [0.4, 0.5) is 5.69 Å². The summed E-state index contributed by atoms with van der Waals surface area (Å²) in [6, 6.07) is 4.01. The standard InChI is InChI=1S/C25H30N4O14/c1-12(30)39-11-19-21(40-13(2)31)22(41-14(3)32)23(42-15(4)33)24(43-19)28-25(35)27(20(34)9-26-28)10-16-6-7-18(38-5)17(8-16)29(36)37/h6-9,19,21-24,29,36H,10-11H2,1-5H3/t19-,21+,22-,23+,24-/m0/s1. The second-order valence-electron chi connectivity index (χ2n) is 9.23. The maximum atomic E-state index is 13.7. The monoisotopic (exact) mass is 610 g/mol. The zero-order valence-corrected chi connectivity index (χ0v) is 23.7. The van der Waals surface area contributed by atoms with Gasteiger partial charge in [0, 0.05) is 33.8 Å². The zero-order chi connectivity index (χ0) is 32.0. The van der Waals surface area contributed by atoms with Gasteiger partial charge in [0.1, 0.15) is 18.9 Å². The van der Waals surface area contributed by atoms with Crippen LogP contribution in [0.2, 0.25) is 0 Å². The number of nitrogens with zero attached hydrogens (tertiary/aromatic N) is 3. The normalized spacial score (nSPS) is 22.2. The van der Waals surface area contributed by atoms with Crippen LogP contribution in [0.25, 0.3) is 0 Å². The summed E-state index contributed by atoms with van der Waals surface area (Å²) in [5.74, 6) is -3.32. The van der Waals surface area contributed by atoms with Gasteiger partial charge in [0.15, 0.2) is 30.3 Å². The summed E-state index contributed by atoms with van der Waals surface area (Å²) in [4.78, 5) is 74.1. The zero-order valence-electron chi connectivity index (χ0n) is 23.7. The van der Waals surface area contributed by atoms with Gasteiger partial charge in [0.05, 0.1) is 13.7 Å². The smallest absolute Gasteiger partial charge is 0.350 e. The molecule has 1 unspecified atom stereocenters. The first kappa shape index (κ1) is 32.9. The number of carbonyl (C=O) groups is 4. The lowest BCUT2D eigenvalue weighted by Crippen LogP contribution is -2.99. The van der Waals surface area contributed by atoms with Crippen LogP contribution in [0.1, 0.15) is 39.5 Å². The number of aromatic nitrogens is 3. The fourth-order valence-corrected chi connectivity index (χ4v) is 4.37. The van der Waals surface area contributed by atoms with E-state index in [0.29, 0.717) is 9.25 Å². The maximum absolute atomic E-state index is 13.7. The number of esters is 4. The van der Waals surface area contributed by atoms with Crippen LogP contribution in [0.5, 0.6) is 5.75 Å². The summed E-state index contributed by atoms with van der Waals surface area (Å²) >= 11 is 0. The molecule has 1 fully saturated rings. The van der Waals surface area contributed by atoms with E-state index < -0.39 is 84.1 Å². The van der Waals surface area contributed by atoms with Gasteiger partial charge in [-0.25, -0.2) is 10.0 Å². The quantitative estimate of drug-likeness (QED) is 0.170. The van der Waals surface area contributed by atoms with Crippen molar-refractivity contribution in [3.63, 3.8) is 0 Å². The summed E-state index contributed by atoms with van der Waals surface area (Å²) in [5, 5.41) is 23.7. The molecule has 18 heteroatoms. The Morgan fingerprint density at radius 2 is 1.58 bits per heavy atom. The molecule has 0 aliphatic carbocycles. The number of carbonyl (C=O) groups excluding carboxylic acids is 4. The largest absolute Gasteiger partial charge is 0.595 e. The van der Waals surface area contributed by atoms with Crippen molar-refractivity contribution in [3.05, 3.63) is 56.0 Å². The predicted octanol–water partition coefficient (Wildman–Crippen LogP) is -1.88. The lowest BCUT2D eigenvalue weighted by molar-refractivity contribution is -0.991. The van der Waals surface area contributed by atoms with Gasteiger partial charge in [-0.2, -0.15) is 15.0 Å². The molecule has 6 atom stereocenters. The van der Waals surface area contributed by atoms with E-state index in [-0.39, 0.29) is 17.0 Å². The molecule has 0 radical (unpaired) electrons. The van der Waals surface area contributed by atoms with E-state index in [2.05, 4.69) is 5.10 Å². The summed E-state index contributed by atoms with van der Waals surface area (Å²) in [7, 11) is 1.28. The molecule has 1 saturated heterocycles. The molecule has 1 aromatic heterocycles. The molecule has 0 saturated carbocycles. The highest BCUT2D eigenvalue weighted by Crippen LogP contribution is 2.33. The van der Waals surface area contributed by atoms with Gasteiger partial charge >= 0.3 is 29.6 Å². The Labute approximate surface area is 242 Å². The van der Waals surface area contributed by atoms with E-state index in [4.69, 9.17) is 28.4 Å². The van der Waals surface area contributed by atoms with Crippen LogP contribution in [0.15, 0.2) is 34.0 Å². The van der Waals surface area contributed by atoms with Crippen LogP contribution < -0.4 is 21.2 Å². The summed E-state index contributed by atoms with van der Waals surface area (Å²) in [5.41, 5.74) is -1.96. The van der Waals surface area contributed by atoms with Gasteiger partial charge < -0.3 is 33.6 Å². The van der Waals surface area contributed by atoms with Gasteiger partial charge in [0.25, 0.3) is 5.56 Å². The Kier molecular flexibility index (Phi) is 10.7. The third-order valence-corrected chi connectivity index (χ3v) is 6.03. The first-order valence-electron chi connectivity index (χ1n) is 12.6. The Balaban J connectivity index is 2.15. The van der Waals surface area contributed by atoms with Crippen molar-refractivity contribution < 1.29 is 58.0 Å². The number of nitrogens with one attached hydrogen (secondary N) is 1. The third-order valence-electron chi connectivity index (χ3n) is 6.03. The first-order chi connectivity index (χ1) is 20.2. The van der Waals surface area contributed by atoms with Crippen molar-refractivity contribution in [3.8, 4) is 5.75 Å². The third kappa shape index (κ3) is 8.01. The van der Waals surface area contributed by atoms with Crippen molar-refractivity contribution in [1.29, 1.82) is 0 Å². The van der Waals surface area contributed by atoms with Gasteiger partial charge in [-0.05, 0) is 11.6 Å². The first-order valence-corrected chi connectivity index (χ1v) is 12.6. The molecule has 0 spiro atoms. The number of ether oxygens (including phenoxy) is 6. The Morgan fingerprint density at radius 1 is 0.977 bits per heavy atom. The Bertz CT molecular complexity index is 1490. The fraction of sp³-hybridized carbons (Fsp3) is 0.480. The predicted molar refractivity (Wildman–Crippen MR) is 138 cm³/mol. The van der Waals surface area contributed by atoms with Crippen molar-refractivity contribution in [2.45, 2.75) is 64.9 Å². The Hall–Kier alpha value is -4.65. The molecule has 1 aliphatic heterocycles. The van der Waals surface area contributed by atoms with E-state index in [1.807, 2.05) is 0 Å². The lowest BCUT2D eigenvalue weighted by Gasteiger charge is -2.44. The topological polar surface area (TPSA) is 228 Å². The summed E-state index contributed by atoms with van der Waals surface area (Å²) < 4.78 is 33.4. The minimum atomic E-state index is -1.70. The van der Waals surface area contributed by atoms with Crippen LogP contribution >= 0.6 is 0 Å². The summed E-state index contributed by atoms with van der Waals surface area (Å²) in [6.45, 7) is 3.24. The van der Waals surface area contributed by atoms with E-state index >= 15 is 0 Å². The second kappa shape index (κ2) is 14.0. The molecule has 2 aromatic rings. The molecule has 234 valence electrons. The van der Waals surface area contributed by atoms with Gasteiger partial charge in [-0.1, -0.05) is 6.07 Å². The van der Waals surface area contributed by atoms with Gasteiger partial charge in [-0.15, -0.1) is 0 Å². The lowest BCUT2D eigenvalue weighted by atomic mass is 9.97. The van der Waals surface area contributed by atoms with Crippen molar-refractivity contribution in [2.24, 2.45) is 0 Å². The molecule has 2 heterocycles. The molecule has 3 rings (SSSR count). The summed E-state index contributed by atoms with van der Waals surface area (Å²) in [6.07, 6.45) is -7.03. The maximum Gasteiger partial charge on any atom is 0.350 e. The highest BCUT2D eigenvalue weighted by molar-refractivity contribution is 5.68. The van der Waals surface area contributed by atoms with E-state index in [0.717, 1.165) is 33.9 Å². The van der Waals surface area contributed by atoms with Gasteiger partial charge in [0.2, 0.25) is 5.69 Å². The van der Waals surface area contributed by atoms with Crippen LogP contribution in [-0.4, -0.2) is 81.6 Å². The molecule has 1 aromatic carbocycles. The minimum absolute atomic E-state index is 0.0493. The van der Waals surface area contributed by atoms with Gasteiger partial charge in [-0.3, -0.25) is 28.5 Å². The average Bonchev–Trinajstić information content (AvgIpc) is 2.91. The number of methoxy groups -OCH3 is 1. The average molecular weight is 611 g/mol. The molecule has 0 amide bonds. The number of hydrogen-bond acceptors (Lipinski definition) is 15. The molecular weight excluding hydrogens is 580 g/mol. The molecular formula is C25H30N4O14. The minimum Gasteiger partial charge on any atom is -0.595 e. The molecule has 0 bridgehead atoms. The molecule has 2 N–H and O–H groups in total. The van der Waals surface area contributed by atoms with Crippen LogP contribution in [0, 0.1) is 5.21 Å².